The van der Waals surface area contributed by atoms with Crippen LogP contribution in [-0.2, 0) is 0 Å². The Bertz CT molecular complexity index is 341. The third-order valence-electron chi connectivity index (χ3n) is 2.12. The van der Waals surface area contributed by atoms with E-state index in [-0.39, 0.29) is 5.38 Å². The lowest BCUT2D eigenvalue weighted by Gasteiger charge is -2.23. The van der Waals surface area contributed by atoms with Crippen LogP contribution in [0.2, 0.25) is 5.02 Å². The van der Waals surface area contributed by atoms with E-state index in [9.17, 15) is 0 Å². The molecule has 1 aromatic rings. The normalized spacial score (nSPS) is 20.7. The van der Waals surface area contributed by atoms with E-state index in [4.69, 9.17) is 23.2 Å². The van der Waals surface area contributed by atoms with Crippen LogP contribution in [0.4, 0.5) is 5.69 Å². The summed E-state index contributed by atoms with van der Waals surface area (Å²) in [5.41, 5.74) is 2.28. The van der Waals surface area contributed by atoms with Gasteiger partial charge in [0.2, 0.25) is 0 Å². The summed E-state index contributed by atoms with van der Waals surface area (Å²) in [5.74, 6) is 0. The van der Waals surface area contributed by atoms with E-state index in [1.807, 2.05) is 12.1 Å². The third-order valence-corrected chi connectivity index (χ3v) is 3.64. The molecule has 1 atom stereocenters. The summed E-state index contributed by atoms with van der Waals surface area (Å²) in [7, 11) is 0. The van der Waals surface area contributed by atoms with Crippen molar-refractivity contribution >= 4 is 51.5 Å². The molecule has 2 rings (SSSR count). The van der Waals surface area contributed by atoms with E-state index in [1.54, 1.807) is 0 Å². The second-order valence-electron chi connectivity index (χ2n) is 3.03. The molecule has 70 valence electrons. The molecule has 1 nitrogen and oxygen atoms in total. The Morgan fingerprint density at radius 3 is 3.00 bits per heavy atom. The van der Waals surface area contributed by atoms with E-state index in [1.165, 1.54) is 0 Å². The van der Waals surface area contributed by atoms with Crippen molar-refractivity contribution in [3.8, 4) is 0 Å². The Morgan fingerprint density at radius 1 is 1.46 bits per heavy atom. The largest absolute Gasteiger partial charge is 0.384 e. The SMILES string of the molecule is Clc1cc(I)c2c(c1)C(Cl)CCN2. The van der Waals surface area contributed by atoms with Gasteiger partial charge in [0.05, 0.1) is 11.1 Å². The van der Waals surface area contributed by atoms with Crippen LogP contribution in [-0.4, -0.2) is 6.54 Å². The lowest BCUT2D eigenvalue weighted by atomic mass is 10.0. The van der Waals surface area contributed by atoms with Gasteiger partial charge >= 0.3 is 0 Å². The first kappa shape index (κ1) is 9.87. The van der Waals surface area contributed by atoms with E-state index < -0.39 is 0 Å². The summed E-state index contributed by atoms with van der Waals surface area (Å²) < 4.78 is 1.14. The van der Waals surface area contributed by atoms with Crippen molar-refractivity contribution in [3.05, 3.63) is 26.3 Å². The summed E-state index contributed by atoms with van der Waals surface area (Å²) in [6, 6.07) is 3.89. The highest BCUT2D eigenvalue weighted by Crippen LogP contribution is 2.38. The summed E-state index contributed by atoms with van der Waals surface area (Å²) in [6.45, 7) is 0.943. The van der Waals surface area contributed by atoms with E-state index in [2.05, 4.69) is 27.9 Å². The van der Waals surface area contributed by atoms with Gasteiger partial charge in [0.15, 0.2) is 0 Å². The number of nitrogens with one attached hydrogen (secondary N) is 1. The number of rotatable bonds is 0. The fourth-order valence-electron chi connectivity index (χ4n) is 1.51. The fraction of sp³-hybridized carbons (Fsp3) is 0.333. The van der Waals surface area contributed by atoms with Crippen molar-refractivity contribution in [2.75, 3.05) is 11.9 Å². The highest BCUT2D eigenvalue weighted by Gasteiger charge is 2.20. The van der Waals surface area contributed by atoms with Gasteiger partial charge in [-0.15, -0.1) is 11.6 Å². The molecule has 0 aliphatic carbocycles. The maximum absolute atomic E-state index is 6.19. The molecule has 13 heavy (non-hydrogen) atoms. The summed E-state index contributed by atoms with van der Waals surface area (Å²) in [4.78, 5) is 0. The molecule has 1 heterocycles. The quantitative estimate of drug-likeness (QED) is 0.560. The van der Waals surface area contributed by atoms with Crippen molar-refractivity contribution in [3.63, 3.8) is 0 Å². The van der Waals surface area contributed by atoms with Gasteiger partial charge in [-0.05, 0) is 46.7 Å². The second-order valence-corrected chi connectivity index (χ2v) is 5.16. The Kier molecular flexibility index (Phi) is 2.91. The minimum atomic E-state index is 0.100. The Hall–Kier alpha value is 0.330. The first-order valence-corrected chi connectivity index (χ1v) is 5.94. The molecule has 0 bridgehead atoms. The molecule has 1 aliphatic rings. The molecular weight excluding hydrogens is 320 g/mol. The van der Waals surface area contributed by atoms with Gasteiger partial charge in [-0.25, -0.2) is 0 Å². The molecule has 4 heteroatoms. The average Bonchev–Trinajstić information content (AvgIpc) is 2.07. The smallest absolute Gasteiger partial charge is 0.0623 e. The maximum atomic E-state index is 6.19. The molecule has 0 radical (unpaired) electrons. The zero-order chi connectivity index (χ0) is 9.42. The molecule has 0 amide bonds. The van der Waals surface area contributed by atoms with E-state index >= 15 is 0 Å². The van der Waals surface area contributed by atoms with Gasteiger partial charge in [0, 0.05) is 15.1 Å². The lowest BCUT2D eigenvalue weighted by Crippen LogP contribution is -2.14. The van der Waals surface area contributed by atoms with Gasteiger partial charge in [-0.2, -0.15) is 0 Å². The Labute approximate surface area is 101 Å². The number of hydrogen-bond donors (Lipinski definition) is 1. The monoisotopic (exact) mass is 327 g/mol. The van der Waals surface area contributed by atoms with Crippen LogP contribution in [0.15, 0.2) is 12.1 Å². The van der Waals surface area contributed by atoms with Gasteiger partial charge in [-0.1, -0.05) is 11.6 Å². The molecule has 1 aromatic carbocycles. The van der Waals surface area contributed by atoms with Crippen molar-refractivity contribution in [2.45, 2.75) is 11.8 Å². The minimum absolute atomic E-state index is 0.100. The number of anilines is 1. The highest BCUT2D eigenvalue weighted by atomic mass is 127. The van der Waals surface area contributed by atoms with Crippen molar-refractivity contribution < 1.29 is 0 Å². The van der Waals surface area contributed by atoms with E-state index in [0.717, 1.165) is 32.8 Å². The molecular formula is C9H8Cl2IN. The number of fused-ring (bicyclic) bond motifs is 1. The summed E-state index contributed by atoms with van der Waals surface area (Å²) in [6.07, 6.45) is 0.963. The predicted octanol–water partition coefficient (Wildman–Crippen LogP) is 4.04. The molecule has 1 aliphatic heterocycles. The Balaban J connectivity index is 2.56. The van der Waals surface area contributed by atoms with Crippen LogP contribution in [0, 0.1) is 3.57 Å². The van der Waals surface area contributed by atoms with Crippen LogP contribution in [0.5, 0.6) is 0 Å². The van der Waals surface area contributed by atoms with Gasteiger partial charge in [0.25, 0.3) is 0 Å². The molecule has 1 unspecified atom stereocenters. The van der Waals surface area contributed by atoms with Crippen molar-refractivity contribution in [1.82, 2.24) is 0 Å². The van der Waals surface area contributed by atoms with Crippen molar-refractivity contribution in [1.29, 1.82) is 0 Å². The second kappa shape index (κ2) is 3.83. The summed E-state index contributed by atoms with van der Waals surface area (Å²) in [5, 5.41) is 4.20. The van der Waals surface area contributed by atoms with Gasteiger partial charge in [-0.3, -0.25) is 0 Å². The zero-order valence-electron chi connectivity index (χ0n) is 6.78. The highest BCUT2D eigenvalue weighted by molar-refractivity contribution is 14.1. The number of halogens is 3. The van der Waals surface area contributed by atoms with Crippen LogP contribution < -0.4 is 5.32 Å². The molecule has 0 saturated heterocycles. The summed E-state index contributed by atoms with van der Waals surface area (Å²) >= 11 is 14.4. The molecule has 1 N–H and O–H groups in total. The van der Waals surface area contributed by atoms with Crippen molar-refractivity contribution in [2.24, 2.45) is 0 Å². The maximum Gasteiger partial charge on any atom is 0.0623 e. The predicted molar refractivity (Wildman–Crippen MR) is 65.9 cm³/mol. The van der Waals surface area contributed by atoms with Crippen LogP contribution in [0.1, 0.15) is 17.4 Å². The lowest BCUT2D eigenvalue weighted by molar-refractivity contribution is 0.800. The van der Waals surface area contributed by atoms with Crippen LogP contribution in [0.25, 0.3) is 0 Å². The number of benzene rings is 1. The Morgan fingerprint density at radius 2 is 2.23 bits per heavy atom. The average molecular weight is 328 g/mol. The van der Waals surface area contributed by atoms with Gasteiger partial charge < -0.3 is 5.32 Å². The number of alkyl halides is 1. The molecule has 0 spiro atoms. The van der Waals surface area contributed by atoms with E-state index in [0.29, 0.717) is 0 Å². The fourth-order valence-corrected chi connectivity index (χ4v) is 3.04. The first-order valence-electron chi connectivity index (χ1n) is 4.05. The first-order chi connectivity index (χ1) is 6.18. The molecule has 0 saturated carbocycles. The van der Waals surface area contributed by atoms with Crippen LogP contribution in [0.3, 0.4) is 0 Å². The molecule has 0 fully saturated rings. The topological polar surface area (TPSA) is 12.0 Å². The van der Waals surface area contributed by atoms with Crippen LogP contribution >= 0.6 is 45.8 Å². The number of hydrogen-bond acceptors (Lipinski definition) is 1. The minimum Gasteiger partial charge on any atom is -0.384 e. The zero-order valence-corrected chi connectivity index (χ0v) is 10.4. The van der Waals surface area contributed by atoms with Gasteiger partial charge in [0.1, 0.15) is 0 Å². The standard InChI is InChI=1S/C9H8Cl2IN/c10-5-3-6-7(11)1-2-13-9(6)8(12)4-5/h3-4,7,13H,1-2H2. The third kappa shape index (κ3) is 1.90. The molecule has 0 aromatic heterocycles.